The first kappa shape index (κ1) is 14.7. The van der Waals surface area contributed by atoms with Crippen LogP contribution in [0.4, 0.5) is 0 Å². The van der Waals surface area contributed by atoms with Crippen molar-refractivity contribution < 1.29 is 0 Å². The fourth-order valence-corrected chi connectivity index (χ4v) is 4.50. The quantitative estimate of drug-likeness (QED) is 0.872. The van der Waals surface area contributed by atoms with Gasteiger partial charge in [-0.05, 0) is 36.6 Å². The Bertz CT molecular complexity index is 608. The lowest BCUT2D eigenvalue weighted by molar-refractivity contribution is 0.560. The molecule has 21 heavy (non-hydrogen) atoms. The number of aryl methyl sites for hydroxylation is 1. The number of nitrogens with one attached hydrogen (secondary N) is 1. The van der Waals surface area contributed by atoms with E-state index < -0.39 is 0 Å². The highest BCUT2D eigenvalue weighted by atomic mass is 32.2. The van der Waals surface area contributed by atoms with Crippen LogP contribution in [0.2, 0.25) is 0 Å². The number of rotatable bonds is 5. The SMILES string of the molecule is CCNC1c2ccccc2CC1SCc1cccc(C)c1. The van der Waals surface area contributed by atoms with Crippen molar-refractivity contribution in [1.29, 1.82) is 0 Å². The Hall–Kier alpha value is -1.25. The summed E-state index contributed by atoms with van der Waals surface area (Å²) in [5.41, 5.74) is 5.81. The molecule has 2 atom stereocenters. The summed E-state index contributed by atoms with van der Waals surface area (Å²) in [6.45, 7) is 5.39. The number of hydrogen-bond donors (Lipinski definition) is 1. The molecule has 0 saturated carbocycles. The molecule has 0 heterocycles. The van der Waals surface area contributed by atoms with Gasteiger partial charge in [-0.25, -0.2) is 0 Å². The Morgan fingerprint density at radius 1 is 1.14 bits per heavy atom. The summed E-state index contributed by atoms with van der Waals surface area (Å²) in [7, 11) is 0. The van der Waals surface area contributed by atoms with E-state index in [1.807, 2.05) is 0 Å². The molecule has 1 aliphatic carbocycles. The van der Waals surface area contributed by atoms with Crippen molar-refractivity contribution in [2.75, 3.05) is 6.54 Å². The van der Waals surface area contributed by atoms with E-state index in [0.29, 0.717) is 11.3 Å². The molecule has 0 aliphatic heterocycles. The fraction of sp³-hybridized carbons (Fsp3) is 0.368. The normalized spacial score (nSPS) is 20.5. The molecule has 0 spiro atoms. The first-order valence-electron chi connectivity index (χ1n) is 7.76. The first-order valence-corrected chi connectivity index (χ1v) is 8.81. The van der Waals surface area contributed by atoms with Crippen LogP contribution in [0.15, 0.2) is 48.5 Å². The Morgan fingerprint density at radius 2 is 2.00 bits per heavy atom. The summed E-state index contributed by atoms with van der Waals surface area (Å²) >= 11 is 2.09. The van der Waals surface area contributed by atoms with Crippen LogP contribution in [-0.4, -0.2) is 11.8 Å². The van der Waals surface area contributed by atoms with Gasteiger partial charge in [0.15, 0.2) is 0 Å². The molecular weight excluding hydrogens is 274 g/mol. The predicted molar refractivity (Wildman–Crippen MR) is 92.8 cm³/mol. The average molecular weight is 297 g/mol. The largest absolute Gasteiger partial charge is 0.309 e. The highest BCUT2D eigenvalue weighted by Gasteiger charge is 2.31. The minimum absolute atomic E-state index is 0.501. The van der Waals surface area contributed by atoms with Gasteiger partial charge in [0, 0.05) is 17.0 Å². The molecule has 2 heteroatoms. The van der Waals surface area contributed by atoms with Crippen LogP contribution in [0, 0.1) is 6.92 Å². The van der Waals surface area contributed by atoms with Crippen molar-refractivity contribution in [3.63, 3.8) is 0 Å². The highest BCUT2D eigenvalue weighted by Crippen LogP contribution is 2.39. The van der Waals surface area contributed by atoms with Crippen LogP contribution >= 0.6 is 11.8 Å². The van der Waals surface area contributed by atoms with Gasteiger partial charge < -0.3 is 5.32 Å². The van der Waals surface area contributed by atoms with Crippen LogP contribution in [0.3, 0.4) is 0 Å². The number of fused-ring (bicyclic) bond motifs is 1. The molecule has 0 bridgehead atoms. The van der Waals surface area contributed by atoms with Gasteiger partial charge in [-0.3, -0.25) is 0 Å². The summed E-state index contributed by atoms with van der Waals surface area (Å²) in [4.78, 5) is 0. The van der Waals surface area contributed by atoms with E-state index >= 15 is 0 Å². The third-order valence-electron chi connectivity index (χ3n) is 4.15. The number of thioether (sulfide) groups is 1. The van der Waals surface area contributed by atoms with E-state index in [1.165, 1.54) is 28.7 Å². The van der Waals surface area contributed by atoms with E-state index in [9.17, 15) is 0 Å². The van der Waals surface area contributed by atoms with Gasteiger partial charge in [0.2, 0.25) is 0 Å². The molecular formula is C19H23NS. The minimum Gasteiger partial charge on any atom is -0.309 e. The van der Waals surface area contributed by atoms with E-state index in [1.54, 1.807) is 0 Å². The van der Waals surface area contributed by atoms with Crippen molar-refractivity contribution in [1.82, 2.24) is 5.32 Å². The maximum atomic E-state index is 3.68. The molecule has 1 N–H and O–H groups in total. The molecule has 0 radical (unpaired) electrons. The molecule has 110 valence electrons. The molecule has 2 aromatic carbocycles. The number of hydrogen-bond acceptors (Lipinski definition) is 2. The zero-order valence-corrected chi connectivity index (χ0v) is 13.6. The van der Waals surface area contributed by atoms with Crippen molar-refractivity contribution in [3.05, 3.63) is 70.8 Å². The standard InChI is InChI=1S/C19H23NS/c1-3-20-19-17-10-5-4-9-16(17)12-18(19)21-13-15-8-6-7-14(2)11-15/h4-11,18-20H,3,12-13H2,1-2H3. The lowest BCUT2D eigenvalue weighted by Crippen LogP contribution is -2.26. The van der Waals surface area contributed by atoms with Crippen LogP contribution in [0.1, 0.15) is 35.2 Å². The average Bonchev–Trinajstić information content (AvgIpc) is 2.84. The second-order valence-electron chi connectivity index (χ2n) is 5.78. The third kappa shape index (κ3) is 3.33. The van der Waals surface area contributed by atoms with Gasteiger partial charge in [0.1, 0.15) is 0 Å². The first-order chi connectivity index (χ1) is 10.3. The topological polar surface area (TPSA) is 12.0 Å². The molecule has 0 fully saturated rings. The van der Waals surface area contributed by atoms with Crippen LogP contribution in [0.25, 0.3) is 0 Å². The summed E-state index contributed by atoms with van der Waals surface area (Å²) in [5.74, 6) is 1.10. The van der Waals surface area contributed by atoms with Gasteiger partial charge in [0.25, 0.3) is 0 Å². The molecule has 1 aliphatic rings. The minimum atomic E-state index is 0.501. The summed E-state index contributed by atoms with van der Waals surface area (Å²) in [5, 5.41) is 4.32. The second kappa shape index (κ2) is 6.67. The second-order valence-corrected chi connectivity index (χ2v) is 7.00. The smallest absolute Gasteiger partial charge is 0.0446 e. The van der Waals surface area contributed by atoms with Gasteiger partial charge in [-0.15, -0.1) is 0 Å². The van der Waals surface area contributed by atoms with Crippen molar-refractivity contribution in [3.8, 4) is 0 Å². The van der Waals surface area contributed by atoms with E-state index in [0.717, 1.165) is 12.3 Å². The Kier molecular flexibility index (Phi) is 4.67. The highest BCUT2D eigenvalue weighted by molar-refractivity contribution is 7.99. The molecule has 3 rings (SSSR count). The fourth-order valence-electron chi connectivity index (χ4n) is 3.18. The zero-order chi connectivity index (χ0) is 14.7. The van der Waals surface area contributed by atoms with Crippen LogP contribution in [-0.2, 0) is 12.2 Å². The Labute approximate surface area is 132 Å². The van der Waals surface area contributed by atoms with Gasteiger partial charge in [-0.2, -0.15) is 11.8 Å². The van der Waals surface area contributed by atoms with E-state index in [4.69, 9.17) is 0 Å². The van der Waals surface area contributed by atoms with E-state index in [-0.39, 0.29) is 0 Å². The van der Waals surface area contributed by atoms with Crippen LogP contribution < -0.4 is 5.32 Å². The predicted octanol–water partition coefficient (Wildman–Crippen LogP) is 4.50. The molecule has 0 amide bonds. The monoisotopic (exact) mass is 297 g/mol. The van der Waals surface area contributed by atoms with Crippen LogP contribution in [0.5, 0.6) is 0 Å². The summed E-state index contributed by atoms with van der Waals surface area (Å²) < 4.78 is 0. The Morgan fingerprint density at radius 3 is 2.81 bits per heavy atom. The summed E-state index contributed by atoms with van der Waals surface area (Å²) in [6, 6.07) is 18.3. The summed E-state index contributed by atoms with van der Waals surface area (Å²) in [6.07, 6.45) is 1.18. The van der Waals surface area contributed by atoms with Crippen molar-refractivity contribution >= 4 is 11.8 Å². The van der Waals surface area contributed by atoms with Gasteiger partial charge >= 0.3 is 0 Å². The Balaban J connectivity index is 1.71. The zero-order valence-electron chi connectivity index (χ0n) is 12.8. The molecule has 2 unspecified atom stereocenters. The molecule has 2 aromatic rings. The molecule has 0 aromatic heterocycles. The maximum absolute atomic E-state index is 3.68. The van der Waals surface area contributed by atoms with Gasteiger partial charge in [-0.1, -0.05) is 61.0 Å². The van der Waals surface area contributed by atoms with Crippen molar-refractivity contribution in [2.24, 2.45) is 0 Å². The lowest BCUT2D eigenvalue weighted by atomic mass is 10.1. The lowest BCUT2D eigenvalue weighted by Gasteiger charge is -2.21. The molecule has 1 nitrogen and oxygen atoms in total. The van der Waals surface area contributed by atoms with E-state index in [2.05, 4.69) is 79.5 Å². The van der Waals surface area contributed by atoms with Gasteiger partial charge in [0.05, 0.1) is 0 Å². The maximum Gasteiger partial charge on any atom is 0.0446 e. The molecule has 0 saturated heterocycles. The number of benzene rings is 2. The van der Waals surface area contributed by atoms with Crippen molar-refractivity contribution in [2.45, 2.75) is 37.3 Å². The third-order valence-corrected chi connectivity index (χ3v) is 5.52.